The highest BCUT2D eigenvalue weighted by Gasteiger charge is 2.46. The highest BCUT2D eigenvalue weighted by Crippen LogP contribution is 2.37. The number of ketones is 1. The van der Waals surface area contributed by atoms with Crippen molar-refractivity contribution in [3.8, 4) is 0 Å². The summed E-state index contributed by atoms with van der Waals surface area (Å²) in [6.07, 6.45) is 6.80. The first kappa shape index (κ1) is 51.7. The molecule has 10 rings (SSSR count). The fourth-order valence-corrected chi connectivity index (χ4v) is 10.5. The molecule has 4 aliphatic heterocycles. The van der Waals surface area contributed by atoms with Gasteiger partial charge < -0.3 is 29.5 Å². The lowest BCUT2D eigenvalue weighted by atomic mass is 9.90. The number of methoxy groups -OCH3 is 2. The molecule has 11 nitrogen and oxygen atoms in total. The van der Waals surface area contributed by atoms with Crippen molar-refractivity contribution in [3.63, 3.8) is 0 Å². The molecule has 378 valence electrons. The van der Waals surface area contributed by atoms with Gasteiger partial charge in [0.1, 0.15) is 23.7 Å². The summed E-state index contributed by atoms with van der Waals surface area (Å²) in [4.78, 5) is 69.5. The van der Waals surface area contributed by atoms with Gasteiger partial charge in [0.15, 0.2) is 5.78 Å². The van der Waals surface area contributed by atoms with Crippen LogP contribution >= 0.6 is 0 Å². The number of nitrogens with zero attached hydrogens (tertiary/aromatic N) is 3. The summed E-state index contributed by atoms with van der Waals surface area (Å²) >= 11 is 0. The summed E-state index contributed by atoms with van der Waals surface area (Å²) in [5.41, 5.74) is 7.61. The minimum absolute atomic E-state index is 0.00864. The van der Waals surface area contributed by atoms with Crippen LogP contribution < -0.4 is 10.2 Å². The van der Waals surface area contributed by atoms with Gasteiger partial charge in [-0.3, -0.25) is 14.4 Å². The van der Waals surface area contributed by atoms with Gasteiger partial charge in [-0.2, -0.15) is 0 Å². The maximum atomic E-state index is 14.3. The predicted octanol–water partition coefficient (Wildman–Crippen LogP) is 9.68. The lowest BCUT2D eigenvalue weighted by Crippen LogP contribution is -2.44. The van der Waals surface area contributed by atoms with Crippen LogP contribution in [-0.2, 0) is 46.3 Å². The lowest BCUT2D eigenvalue weighted by Gasteiger charge is -2.32. The Bertz CT molecular complexity index is 2760. The van der Waals surface area contributed by atoms with E-state index in [4.69, 9.17) is 9.47 Å². The van der Waals surface area contributed by atoms with Crippen LogP contribution in [0.25, 0.3) is 0 Å². The zero-order valence-corrected chi connectivity index (χ0v) is 41.3. The van der Waals surface area contributed by atoms with Crippen molar-refractivity contribution in [2.75, 3.05) is 50.6 Å². The summed E-state index contributed by atoms with van der Waals surface area (Å²) in [6, 6.07) is 46.4. The van der Waals surface area contributed by atoms with Gasteiger partial charge in [-0.1, -0.05) is 133 Å². The van der Waals surface area contributed by atoms with Crippen LogP contribution in [0.15, 0.2) is 158 Å². The molecule has 13 heteroatoms. The summed E-state index contributed by atoms with van der Waals surface area (Å²) in [5, 5.41) is 3.23. The second-order valence-electron chi connectivity index (χ2n) is 18.8. The minimum Gasteiger partial charge on any atom is -0.467 e. The van der Waals surface area contributed by atoms with Crippen molar-refractivity contribution in [1.82, 2.24) is 9.80 Å². The molecule has 6 aromatic rings. The third kappa shape index (κ3) is 12.5. The van der Waals surface area contributed by atoms with Gasteiger partial charge in [-0.25, -0.2) is 18.4 Å². The van der Waals surface area contributed by atoms with E-state index in [0.717, 1.165) is 78.0 Å². The van der Waals surface area contributed by atoms with E-state index in [1.807, 2.05) is 133 Å². The Balaban J connectivity index is 0.000000165. The first-order chi connectivity index (χ1) is 35.5. The van der Waals surface area contributed by atoms with Gasteiger partial charge in [0.25, 0.3) is 0 Å². The van der Waals surface area contributed by atoms with Gasteiger partial charge >= 0.3 is 11.9 Å². The quantitative estimate of drug-likeness (QED) is 0.141. The van der Waals surface area contributed by atoms with E-state index in [0.29, 0.717) is 13.0 Å². The normalized spacial score (nSPS) is 18.1. The zero-order chi connectivity index (χ0) is 51.3. The number of carbonyl (C=O) groups excluding carboxylic acids is 5. The standard InChI is InChI=1S/C30H31FN2O3.C20H19NO4.C10H12FN/c1-36-30(35)27-19-25(32-17-9-8-10-21-15-16-24(31)18-26(21)32)20-33(27)29(34)28(22-11-4-2-5-12-22)23-13-6-3-7-14-23;1-25-20(24)17-12-16(22)13-21(17)19(23)18(14-8-4-2-5-9-14)15-10-6-3-7-11-15;11-9-5-4-8-3-1-2-6-12-10(8)7-9/h2-7,11-16,18,25,27-28H,8-10,17,19-20H2,1H3;2-11,17-18H,12-13H2,1H3;4-5,7,12H,1-3,6H2/t25-,27-;17-;/m00./s1. The van der Waals surface area contributed by atoms with Crippen LogP contribution in [0.2, 0.25) is 0 Å². The van der Waals surface area contributed by atoms with Gasteiger partial charge in [-0.05, 0) is 96.2 Å². The second-order valence-corrected chi connectivity index (χ2v) is 18.8. The summed E-state index contributed by atoms with van der Waals surface area (Å²) < 4.78 is 37.0. The molecule has 0 spiro atoms. The average molecular weight is 989 g/mol. The van der Waals surface area contributed by atoms with Gasteiger partial charge in [0.05, 0.1) is 32.6 Å². The second kappa shape index (κ2) is 24.6. The van der Waals surface area contributed by atoms with E-state index in [-0.39, 0.29) is 48.2 Å². The monoisotopic (exact) mass is 988 g/mol. The number of likely N-dealkylation sites (tertiary alicyclic amines) is 2. The highest BCUT2D eigenvalue weighted by molar-refractivity contribution is 6.00. The molecule has 1 N–H and O–H groups in total. The molecule has 4 aliphatic rings. The molecule has 0 aromatic heterocycles. The number of esters is 2. The van der Waals surface area contributed by atoms with Crippen LogP contribution in [0.3, 0.4) is 0 Å². The van der Waals surface area contributed by atoms with Crippen LogP contribution in [0.4, 0.5) is 20.2 Å². The van der Waals surface area contributed by atoms with Gasteiger partial charge in [-0.15, -0.1) is 0 Å². The molecular formula is C60H62F2N4O7. The van der Waals surface area contributed by atoms with E-state index < -0.39 is 35.9 Å². The Morgan fingerprint density at radius 3 is 1.60 bits per heavy atom. The molecule has 0 bridgehead atoms. The topological polar surface area (TPSA) is 126 Å². The summed E-state index contributed by atoms with van der Waals surface area (Å²) in [6.45, 7) is 2.05. The highest BCUT2D eigenvalue weighted by atomic mass is 19.1. The fraction of sp³-hybridized carbons (Fsp3) is 0.317. The Labute approximate surface area is 426 Å². The average Bonchev–Trinajstić information content (AvgIpc) is 3.89. The minimum atomic E-state index is -0.847. The number of benzene rings is 6. The van der Waals surface area contributed by atoms with E-state index in [9.17, 15) is 32.8 Å². The van der Waals surface area contributed by atoms with Crippen LogP contribution in [0, 0.1) is 11.6 Å². The van der Waals surface area contributed by atoms with Crippen molar-refractivity contribution in [2.24, 2.45) is 0 Å². The maximum Gasteiger partial charge on any atom is 0.329 e. The first-order valence-electron chi connectivity index (χ1n) is 25.1. The molecule has 6 aromatic carbocycles. The van der Waals surface area contributed by atoms with Crippen LogP contribution in [-0.4, -0.2) is 97.9 Å². The third-order valence-electron chi connectivity index (χ3n) is 14.1. The third-order valence-corrected chi connectivity index (χ3v) is 14.1. The number of hydrogen-bond donors (Lipinski definition) is 1. The molecule has 4 heterocycles. The molecule has 73 heavy (non-hydrogen) atoms. The lowest BCUT2D eigenvalue weighted by molar-refractivity contribution is -0.151. The van der Waals surface area contributed by atoms with E-state index in [2.05, 4.69) is 10.2 Å². The molecule has 0 saturated carbocycles. The summed E-state index contributed by atoms with van der Waals surface area (Å²) in [7, 11) is 2.63. The number of fused-ring (bicyclic) bond motifs is 2. The Kier molecular flexibility index (Phi) is 17.4. The zero-order valence-electron chi connectivity index (χ0n) is 41.3. The number of anilines is 2. The van der Waals surface area contributed by atoms with E-state index in [1.54, 1.807) is 17.0 Å². The number of ether oxygens (including phenoxy) is 2. The maximum absolute atomic E-state index is 14.3. The largest absolute Gasteiger partial charge is 0.467 e. The first-order valence-corrected chi connectivity index (χ1v) is 25.1. The predicted molar refractivity (Wildman–Crippen MR) is 277 cm³/mol. The van der Waals surface area contributed by atoms with E-state index in [1.165, 1.54) is 49.7 Å². The van der Waals surface area contributed by atoms with Crippen LogP contribution in [0.1, 0.15) is 83.7 Å². The Morgan fingerprint density at radius 2 is 1.05 bits per heavy atom. The Hall–Kier alpha value is -7.67. The van der Waals surface area contributed by atoms with E-state index >= 15 is 0 Å². The molecule has 2 amide bonds. The number of aryl methyl sites for hydroxylation is 2. The SMILES string of the molecule is COC(=O)[C@@H]1CC(=O)CN1C(=O)C(c1ccccc1)c1ccccc1.COC(=O)[C@@H]1C[C@H](N2CCCCc3ccc(F)cc32)CN1C(=O)C(c1ccccc1)c1ccccc1.Fc1ccc2c(c1)NCCCC2. The molecule has 2 saturated heterocycles. The Morgan fingerprint density at radius 1 is 0.575 bits per heavy atom. The summed E-state index contributed by atoms with van der Waals surface area (Å²) in [5.74, 6) is -3.03. The van der Waals surface area contributed by atoms with Gasteiger partial charge in [0, 0.05) is 49.9 Å². The smallest absolute Gasteiger partial charge is 0.329 e. The number of nitrogens with one attached hydrogen (secondary N) is 1. The van der Waals surface area contributed by atoms with Crippen molar-refractivity contribution in [1.29, 1.82) is 0 Å². The number of amides is 2. The number of rotatable bonds is 9. The van der Waals surface area contributed by atoms with Crippen molar-refractivity contribution in [3.05, 3.63) is 203 Å². The fourth-order valence-electron chi connectivity index (χ4n) is 10.5. The molecule has 0 aliphatic carbocycles. The molecule has 0 unspecified atom stereocenters. The molecular weight excluding hydrogens is 927 g/mol. The number of carbonyl (C=O) groups is 5. The number of halogens is 2. The molecule has 3 atom stereocenters. The number of Topliss-reactive ketones (excluding diaryl/α,β-unsaturated/α-hetero) is 1. The van der Waals surface area contributed by atoms with Crippen molar-refractivity contribution < 1.29 is 42.2 Å². The van der Waals surface area contributed by atoms with Crippen molar-refractivity contribution >= 4 is 40.9 Å². The molecule has 2 fully saturated rings. The van der Waals surface area contributed by atoms with Crippen molar-refractivity contribution in [2.45, 2.75) is 81.3 Å². The van der Waals surface area contributed by atoms with Gasteiger partial charge in [0.2, 0.25) is 11.8 Å². The molecule has 0 radical (unpaired) electrons. The number of hydrogen-bond acceptors (Lipinski definition) is 9. The van der Waals surface area contributed by atoms with Crippen LogP contribution in [0.5, 0.6) is 0 Å².